The van der Waals surface area contributed by atoms with Gasteiger partial charge in [0.25, 0.3) is 0 Å². The number of quaternary nitrogens is 1. The molecule has 0 rings (SSSR count). The summed E-state index contributed by atoms with van der Waals surface area (Å²) in [5.41, 5.74) is 0. The molecule has 0 atom stereocenters. The van der Waals surface area contributed by atoms with E-state index < -0.39 is 5.97 Å². The number of carboxylic acids is 1. The zero-order valence-electron chi connectivity index (χ0n) is 14.7. The second-order valence-corrected chi connectivity index (χ2v) is 6.88. The van der Waals surface area contributed by atoms with Crippen LogP contribution in [0.4, 0.5) is 0 Å². The Hall–Kier alpha value is -0.570. The van der Waals surface area contributed by atoms with Gasteiger partial charge < -0.3 is 14.4 Å². The summed E-state index contributed by atoms with van der Waals surface area (Å²) in [7, 11) is 2.43. The zero-order valence-corrected chi connectivity index (χ0v) is 14.7. The third-order valence-electron chi connectivity index (χ3n) is 4.23. The van der Waals surface area contributed by atoms with Crippen LogP contribution < -0.4 is 5.11 Å². The number of carbonyl (C=O) groups excluding carboxylic acids is 1. The van der Waals surface area contributed by atoms with Crippen LogP contribution in [0.5, 0.6) is 0 Å². The molecule has 3 nitrogen and oxygen atoms in total. The molecule has 0 aliphatic heterocycles. The molecule has 0 fully saturated rings. The summed E-state index contributed by atoms with van der Waals surface area (Å²) in [6.45, 7) is 19.9. The van der Waals surface area contributed by atoms with Crippen molar-refractivity contribution in [1.29, 1.82) is 0 Å². The van der Waals surface area contributed by atoms with Crippen LogP contribution in [0.25, 0.3) is 0 Å². The Kier molecular flexibility index (Phi) is 9.36. The lowest BCUT2D eigenvalue weighted by Crippen LogP contribution is -2.64. The predicted molar refractivity (Wildman–Crippen MR) is 80.6 cm³/mol. The third-order valence-corrected chi connectivity index (χ3v) is 4.23. The minimum Gasteiger partial charge on any atom is -0.550 e. The molecule has 0 spiro atoms. The Bertz CT molecular complexity index is 237. The van der Waals surface area contributed by atoms with E-state index in [-0.39, 0.29) is 0 Å². The maximum Gasteiger partial charge on any atom is 0.0938 e. The summed E-state index contributed by atoms with van der Waals surface area (Å²) in [5, 5.41) is 8.89. The molecule has 0 N–H and O–H groups in total. The van der Waals surface area contributed by atoms with E-state index in [4.69, 9.17) is 9.90 Å². The zero-order chi connectivity index (χ0) is 16.0. The van der Waals surface area contributed by atoms with E-state index in [9.17, 15) is 0 Å². The van der Waals surface area contributed by atoms with Gasteiger partial charge in [-0.05, 0) is 34.6 Å². The lowest BCUT2D eigenvalue weighted by atomic mass is 9.87. The van der Waals surface area contributed by atoms with Gasteiger partial charge in [0.1, 0.15) is 0 Å². The molecule has 0 heterocycles. The topological polar surface area (TPSA) is 40.1 Å². The van der Waals surface area contributed by atoms with Crippen LogP contribution in [0.2, 0.25) is 0 Å². The van der Waals surface area contributed by atoms with Crippen molar-refractivity contribution >= 4 is 5.97 Å². The first-order valence-electron chi connectivity index (χ1n) is 7.42. The molecule has 3 heteroatoms. The molecule has 0 saturated heterocycles. The highest BCUT2D eigenvalue weighted by Gasteiger charge is 2.41. The SMILES string of the molecule is CC(=O)[O-].CC(C)C(C(C)C)[N+](C)(C(C)C)C(C)C. The fraction of sp³-hybridized carbons (Fsp3) is 0.938. The van der Waals surface area contributed by atoms with Crippen molar-refractivity contribution in [3.8, 4) is 0 Å². The summed E-state index contributed by atoms with van der Waals surface area (Å²) in [6, 6.07) is 2.14. The van der Waals surface area contributed by atoms with Crippen LogP contribution in [0.1, 0.15) is 62.3 Å². The summed E-state index contributed by atoms with van der Waals surface area (Å²) in [4.78, 5) is 8.89. The Labute approximate surface area is 120 Å². The van der Waals surface area contributed by atoms with Gasteiger partial charge in [0.15, 0.2) is 0 Å². The minimum atomic E-state index is -1.08. The fourth-order valence-corrected chi connectivity index (χ4v) is 3.34. The number of aliphatic carboxylic acids is 1. The third kappa shape index (κ3) is 6.42. The molecular weight excluding hydrogens is 238 g/mol. The molecule has 0 aliphatic carbocycles. The smallest absolute Gasteiger partial charge is 0.0938 e. The van der Waals surface area contributed by atoms with Gasteiger partial charge in [-0.25, -0.2) is 0 Å². The van der Waals surface area contributed by atoms with Crippen molar-refractivity contribution in [1.82, 2.24) is 0 Å². The fourth-order valence-electron chi connectivity index (χ4n) is 3.34. The molecule has 0 bridgehead atoms. The van der Waals surface area contributed by atoms with E-state index in [1.54, 1.807) is 0 Å². The van der Waals surface area contributed by atoms with Crippen molar-refractivity contribution in [2.24, 2.45) is 11.8 Å². The summed E-state index contributed by atoms with van der Waals surface area (Å²) in [5.74, 6) is 0.416. The predicted octanol–water partition coefficient (Wildman–Crippen LogP) is 2.69. The highest BCUT2D eigenvalue weighted by Crippen LogP contribution is 2.30. The van der Waals surface area contributed by atoms with Crippen molar-refractivity contribution in [3.63, 3.8) is 0 Å². The second kappa shape index (κ2) is 8.57. The number of nitrogens with zero attached hydrogens (tertiary/aromatic N) is 1. The quantitative estimate of drug-likeness (QED) is 0.723. The van der Waals surface area contributed by atoms with Crippen LogP contribution in [-0.4, -0.2) is 35.6 Å². The standard InChI is InChI=1S/C14H32N.C2H4O2/c1-10(2)14(11(3)4)15(9,12(5)6)13(7)8;1-2(3)4/h10-14H,1-9H3;1H3,(H,3,4)/q+1;/p-1. The van der Waals surface area contributed by atoms with Crippen LogP contribution in [0.15, 0.2) is 0 Å². The highest BCUT2D eigenvalue weighted by molar-refractivity contribution is 5.60. The first-order valence-corrected chi connectivity index (χ1v) is 7.42. The van der Waals surface area contributed by atoms with E-state index in [2.05, 4.69) is 62.4 Å². The molecule has 19 heavy (non-hydrogen) atoms. The van der Waals surface area contributed by atoms with Gasteiger partial charge in [-0.3, -0.25) is 0 Å². The lowest BCUT2D eigenvalue weighted by molar-refractivity contribution is -0.977. The van der Waals surface area contributed by atoms with Crippen LogP contribution in [-0.2, 0) is 4.79 Å². The number of carbonyl (C=O) groups is 1. The summed E-state index contributed by atoms with van der Waals surface area (Å²) in [6.07, 6.45) is 0. The van der Waals surface area contributed by atoms with Crippen molar-refractivity contribution in [2.75, 3.05) is 7.05 Å². The Morgan fingerprint density at radius 3 is 1.11 bits per heavy atom. The maximum atomic E-state index is 8.89. The summed E-state index contributed by atoms with van der Waals surface area (Å²) >= 11 is 0. The lowest BCUT2D eigenvalue weighted by Gasteiger charge is -2.51. The first-order chi connectivity index (χ1) is 8.38. The Morgan fingerprint density at radius 1 is 0.842 bits per heavy atom. The molecule has 0 aromatic heterocycles. The van der Waals surface area contributed by atoms with Crippen LogP contribution >= 0.6 is 0 Å². The average Bonchev–Trinajstić information content (AvgIpc) is 2.14. The van der Waals surface area contributed by atoms with Gasteiger partial charge in [-0.15, -0.1) is 0 Å². The first kappa shape index (κ1) is 20.7. The molecule has 0 aromatic carbocycles. The molecule has 116 valence electrons. The van der Waals surface area contributed by atoms with Crippen LogP contribution in [0, 0.1) is 11.8 Å². The second-order valence-electron chi connectivity index (χ2n) is 6.88. The van der Waals surface area contributed by atoms with E-state index in [1.807, 2.05) is 0 Å². The molecule has 0 saturated carbocycles. The van der Waals surface area contributed by atoms with E-state index in [0.717, 1.165) is 24.8 Å². The van der Waals surface area contributed by atoms with Gasteiger partial charge in [0.2, 0.25) is 0 Å². The largest absolute Gasteiger partial charge is 0.550 e. The van der Waals surface area contributed by atoms with Gasteiger partial charge >= 0.3 is 0 Å². The Morgan fingerprint density at radius 2 is 1.05 bits per heavy atom. The molecule has 0 amide bonds. The summed E-state index contributed by atoms with van der Waals surface area (Å²) < 4.78 is 1.19. The van der Waals surface area contributed by atoms with Gasteiger partial charge in [0.05, 0.1) is 25.2 Å². The Balaban J connectivity index is 0. The van der Waals surface area contributed by atoms with E-state index >= 15 is 0 Å². The molecule has 0 aliphatic rings. The molecule has 0 radical (unpaired) electrons. The highest BCUT2D eigenvalue weighted by atomic mass is 16.4. The van der Waals surface area contributed by atoms with Crippen molar-refractivity contribution in [3.05, 3.63) is 0 Å². The number of carboxylic acid groups (broad SMARTS) is 1. The normalized spacial score (nSPS) is 12.4. The molecule has 0 unspecified atom stereocenters. The maximum absolute atomic E-state index is 8.89. The average molecular weight is 273 g/mol. The van der Waals surface area contributed by atoms with Gasteiger partial charge in [-0.2, -0.15) is 0 Å². The monoisotopic (exact) mass is 273 g/mol. The van der Waals surface area contributed by atoms with E-state index in [1.165, 1.54) is 4.48 Å². The van der Waals surface area contributed by atoms with E-state index in [0.29, 0.717) is 12.1 Å². The number of rotatable bonds is 5. The number of hydrogen-bond donors (Lipinski definition) is 0. The minimum absolute atomic E-state index is 0.694. The van der Waals surface area contributed by atoms with Crippen molar-refractivity contribution < 1.29 is 14.4 Å². The van der Waals surface area contributed by atoms with Crippen LogP contribution in [0.3, 0.4) is 0 Å². The number of hydrogen-bond acceptors (Lipinski definition) is 2. The van der Waals surface area contributed by atoms with Gasteiger partial charge in [0, 0.05) is 17.8 Å². The van der Waals surface area contributed by atoms with Crippen molar-refractivity contribution in [2.45, 2.75) is 80.4 Å². The molecular formula is C16H35NO2. The van der Waals surface area contributed by atoms with Gasteiger partial charge in [-0.1, -0.05) is 27.7 Å². The molecule has 0 aromatic rings.